The van der Waals surface area contributed by atoms with Crippen LogP contribution in [0.5, 0.6) is 5.75 Å². The second-order valence-electron chi connectivity index (χ2n) is 8.72. The van der Waals surface area contributed by atoms with Crippen molar-refractivity contribution < 1.29 is 14.6 Å². The predicted octanol–water partition coefficient (Wildman–Crippen LogP) is 3.47. The number of ether oxygens (including phenoxy) is 1. The van der Waals surface area contributed by atoms with Crippen LogP contribution < -0.4 is 10.3 Å². The van der Waals surface area contributed by atoms with Gasteiger partial charge in [0.25, 0.3) is 5.56 Å². The van der Waals surface area contributed by atoms with Crippen molar-refractivity contribution >= 4 is 17.1 Å². The number of fused-ring (bicyclic) bond motifs is 1. The SMILES string of the molecule is O=C(O)CCc1cccc(-c2ccc(-c3nc4nc[nH]c4c(=O)[nH]3)c(OCCN3CCCC3)c2)c1. The van der Waals surface area contributed by atoms with Gasteiger partial charge in [-0.1, -0.05) is 30.3 Å². The molecule has 3 heterocycles. The van der Waals surface area contributed by atoms with Crippen molar-refractivity contribution in [1.82, 2.24) is 24.8 Å². The molecule has 9 nitrogen and oxygen atoms in total. The lowest BCUT2D eigenvalue weighted by Crippen LogP contribution is -2.25. The molecule has 3 N–H and O–H groups in total. The topological polar surface area (TPSA) is 124 Å². The van der Waals surface area contributed by atoms with Crippen molar-refractivity contribution in [3.63, 3.8) is 0 Å². The summed E-state index contributed by atoms with van der Waals surface area (Å²) in [5.41, 5.74) is 3.93. The summed E-state index contributed by atoms with van der Waals surface area (Å²) in [6.07, 6.45) is 4.43. The Kier molecular flexibility index (Phi) is 6.58. The molecular formula is C26H27N5O4. The first kappa shape index (κ1) is 22.8. The monoisotopic (exact) mass is 473 g/mol. The van der Waals surface area contributed by atoms with E-state index in [0.717, 1.165) is 36.3 Å². The fraction of sp³-hybridized carbons (Fsp3) is 0.308. The normalized spacial score (nSPS) is 13.9. The lowest BCUT2D eigenvalue weighted by molar-refractivity contribution is -0.136. The maximum absolute atomic E-state index is 12.5. The number of carboxylic acids is 1. The standard InChI is InChI=1S/C26H27N5O4/c32-22(33)9-6-17-4-3-5-18(14-17)19-7-8-20(21(15-19)35-13-12-31-10-1-2-11-31)24-29-25-23(26(34)30-24)27-16-28-25/h3-5,7-8,14-16H,1-2,6,9-13H2,(H,32,33)(H2,27,28,29,30,34). The first-order valence-electron chi connectivity index (χ1n) is 11.8. The van der Waals surface area contributed by atoms with Gasteiger partial charge in [-0.05, 0) is 61.2 Å². The number of benzene rings is 2. The molecule has 0 radical (unpaired) electrons. The Balaban J connectivity index is 1.48. The number of carboxylic acid groups (broad SMARTS) is 1. The molecule has 1 aliphatic rings. The molecule has 2 aromatic heterocycles. The third kappa shape index (κ3) is 5.25. The fourth-order valence-corrected chi connectivity index (χ4v) is 4.44. The largest absolute Gasteiger partial charge is 0.491 e. The lowest BCUT2D eigenvalue weighted by atomic mass is 9.99. The molecule has 2 aromatic carbocycles. The molecule has 0 unspecified atom stereocenters. The van der Waals surface area contributed by atoms with Gasteiger partial charge in [-0.3, -0.25) is 14.5 Å². The summed E-state index contributed by atoms with van der Waals surface area (Å²) < 4.78 is 6.25. The molecule has 5 rings (SSSR count). The van der Waals surface area contributed by atoms with Crippen molar-refractivity contribution in [3.05, 3.63) is 64.7 Å². The van der Waals surface area contributed by atoms with Crippen LogP contribution in [0.1, 0.15) is 24.8 Å². The van der Waals surface area contributed by atoms with E-state index in [1.54, 1.807) is 0 Å². The summed E-state index contributed by atoms with van der Waals surface area (Å²) in [7, 11) is 0. The zero-order chi connectivity index (χ0) is 24.2. The first-order chi connectivity index (χ1) is 17.1. The molecule has 0 bridgehead atoms. The Hall–Kier alpha value is -3.98. The molecule has 4 aromatic rings. The number of imidazole rings is 1. The maximum atomic E-state index is 12.5. The molecule has 0 aliphatic carbocycles. The molecule has 180 valence electrons. The molecule has 0 atom stereocenters. The lowest BCUT2D eigenvalue weighted by Gasteiger charge is -2.17. The van der Waals surface area contributed by atoms with Crippen molar-refractivity contribution in [1.29, 1.82) is 0 Å². The molecule has 1 fully saturated rings. The van der Waals surface area contributed by atoms with Gasteiger partial charge in [0.1, 0.15) is 18.2 Å². The van der Waals surface area contributed by atoms with E-state index in [-0.39, 0.29) is 12.0 Å². The summed E-state index contributed by atoms with van der Waals surface area (Å²) in [6.45, 7) is 3.52. The number of hydrogen-bond donors (Lipinski definition) is 3. The minimum atomic E-state index is -0.816. The van der Waals surface area contributed by atoms with Gasteiger partial charge in [0.05, 0.1) is 11.9 Å². The quantitative estimate of drug-likeness (QED) is 0.340. The van der Waals surface area contributed by atoms with E-state index in [2.05, 4.69) is 24.8 Å². The molecule has 9 heteroatoms. The van der Waals surface area contributed by atoms with Crippen molar-refractivity contribution in [2.75, 3.05) is 26.2 Å². The Morgan fingerprint density at radius 1 is 1.11 bits per heavy atom. The summed E-state index contributed by atoms with van der Waals surface area (Å²) in [5, 5.41) is 9.01. The Morgan fingerprint density at radius 2 is 1.94 bits per heavy atom. The number of aromatic nitrogens is 4. The number of nitrogens with one attached hydrogen (secondary N) is 2. The first-order valence-corrected chi connectivity index (χ1v) is 11.8. The molecule has 0 amide bonds. The third-order valence-electron chi connectivity index (χ3n) is 6.28. The van der Waals surface area contributed by atoms with E-state index in [1.165, 1.54) is 19.2 Å². The zero-order valence-corrected chi connectivity index (χ0v) is 19.3. The van der Waals surface area contributed by atoms with E-state index >= 15 is 0 Å². The van der Waals surface area contributed by atoms with E-state index in [9.17, 15) is 9.59 Å². The van der Waals surface area contributed by atoms with Gasteiger partial charge in [0.15, 0.2) is 11.2 Å². The summed E-state index contributed by atoms with van der Waals surface area (Å²) in [4.78, 5) is 40.2. The highest BCUT2D eigenvalue weighted by molar-refractivity contribution is 5.77. The smallest absolute Gasteiger partial charge is 0.303 e. The highest BCUT2D eigenvalue weighted by Gasteiger charge is 2.16. The Morgan fingerprint density at radius 3 is 2.77 bits per heavy atom. The predicted molar refractivity (Wildman–Crippen MR) is 133 cm³/mol. The van der Waals surface area contributed by atoms with Crippen molar-refractivity contribution in [2.45, 2.75) is 25.7 Å². The van der Waals surface area contributed by atoms with Crippen molar-refractivity contribution in [2.24, 2.45) is 0 Å². The van der Waals surface area contributed by atoms with Gasteiger partial charge >= 0.3 is 5.97 Å². The third-order valence-corrected chi connectivity index (χ3v) is 6.28. The van der Waals surface area contributed by atoms with Gasteiger partial charge in [0.2, 0.25) is 0 Å². The van der Waals surface area contributed by atoms with Crippen LogP contribution >= 0.6 is 0 Å². The summed E-state index contributed by atoms with van der Waals surface area (Å²) >= 11 is 0. The molecule has 1 saturated heterocycles. The van der Waals surface area contributed by atoms with Crippen LogP contribution in [-0.4, -0.2) is 62.2 Å². The summed E-state index contributed by atoms with van der Waals surface area (Å²) in [5.74, 6) is 0.201. The van der Waals surface area contributed by atoms with Crippen LogP contribution in [0, 0.1) is 0 Å². The minimum Gasteiger partial charge on any atom is -0.491 e. The number of H-pyrrole nitrogens is 2. The second kappa shape index (κ2) is 10.1. The highest BCUT2D eigenvalue weighted by atomic mass is 16.5. The van der Waals surface area contributed by atoms with Crippen LogP contribution in [0.15, 0.2) is 53.6 Å². The number of aliphatic carboxylic acids is 1. The van der Waals surface area contributed by atoms with Crippen molar-refractivity contribution in [3.8, 4) is 28.3 Å². The number of rotatable bonds is 9. The van der Waals surface area contributed by atoms with Gasteiger partial charge in [0, 0.05) is 13.0 Å². The van der Waals surface area contributed by atoms with Gasteiger partial charge in [-0.15, -0.1) is 0 Å². The fourth-order valence-electron chi connectivity index (χ4n) is 4.44. The molecule has 35 heavy (non-hydrogen) atoms. The van der Waals surface area contributed by atoms with E-state index in [4.69, 9.17) is 9.84 Å². The van der Waals surface area contributed by atoms with E-state index in [1.807, 2.05) is 42.5 Å². The Bertz CT molecular complexity index is 1400. The minimum absolute atomic E-state index is 0.0853. The number of likely N-dealkylation sites (tertiary alicyclic amines) is 1. The highest BCUT2D eigenvalue weighted by Crippen LogP contribution is 2.33. The van der Waals surface area contributed by atoms with Crippen LogP contribution in [0.3, 0.4) is 0 Å². The van der Waals surface area contributed by atoms with Gasteiger partial charge in [-0.2, -0.15) is 0 Å². The average molecular weight is 474 g/mol. The van der Waals surface area contributed by atoms with E-state index in [0.29, 0.717) is 41.3 Å². The molecule has 0 spiro atoms. The van der Waals surface area contributed by atoms with E-state index < -0.39 is 5.97 Å². The van der Waals surface area contributed by atoms with Gasteiger partial charge in [-0.25, -0.2) is 9.97 Å². The number of aromatic amines is 2. The van der Waals surface area contributed by atoms with Crippen LogP contribution in [0.25, 0.3) is 33.7 Å². The van der Waals surface area contributed by atoms with Crippen LogP contribution in [0.2, 0.25) is 0 Å². The van der Waals surface area contributed by atoms with Crippen LogP contribution in [-0.2, 0) is 11.2 Å². The number of hydrogen-bond acceptors (Lipinski definition) is 6. The number of aryl methyl sites for hydroxylation is 1. The molecule has 1 aliphatic heterocycles. The van der Waals surface area contributed by atoms with Gasteiger partial charge < -0.3 is 19.8 Å². The maximum Gasteiger partial charge on any atom is 0.303 e. The average Bonchev–Trinajstić information content (AvgIpc) is 3.55. The van der Waals surface area contributed by atoms with Crippen LogP contribution in [0.4, 0.5) is 0 Å². The molecular weight excluding hydrogens is 446 g/mol. The number of carbonyl (C=O) groups is 1. The Labute approximate surface area is 201 Å². The second-order valence-corrected chi connectivity index (χ2v) is 8.72. The summed E-state index contributed by atoms with van der Waals surface area (Å²) in [6, 6.07) is 13.6. The molecule has 0 saturated carbocycles. The zero-order valence-electron chi connectivity index (χ0n) is 19.3. The number of nitrogens with zero attached hydrogens (tertiary/aromatic N) is 3.